The number of ether oxygens (including phenoxy) is 2. The minimum Gasteiger partial charge on any atom is -1.00 e. The lowest BCUT2D eigenvalue weighted by Gasteiger charge is -2.51. The van der Waals surface area contributed by atoms with Gasteiger partial charge in [0.2, 0.25) is 0 Å². The topological polar surface area (TPSA) is 51.7 Å². The van der Waals surface area contributed by atoms with Gasteiger partial charge in [0, 0.05) is 28.7 Å². The number of piperidine rings is 3. The Morgan fingerprint density at radius 2 is 2.03 bits per heavy atom. The number of hydrogen-bond donors (Lipinski definition) is 0. The van der Waals surface area contributed by atoms with Gasteiger partial charge in [0.05, 0.1) is 24.2 Å². The third-order valence-corrected chi connectivity index (χ3v) is 7.36. The Labute approximate surface area is 211 Å². The molecule has 6 rings (SSSR count). The van der Waals surface area contributed by atoms with Crippen LogP contribution in [0.3, 0.4) is 0 Å². The zero-order chi connectivity index (χ0) is 22.9. The Hall–Kier alpha value is -2.60. The van der Waals surface area contributed by atoms with Gasteiger partial charge in [-0.05, 0) is 79.8 Å². The first-order valence-electron chi connectivity index (χ1n) is 11.3. The largest absolute Gasteiger partial charge is 1.00 e. The highest BCUT2D eigenvalue weighted by Gasteiger charge is 2.44. The minimum absolute atomic E-state index is 0. The summed E-state index contributed by atoms with van der Waals surface area (Å²) in [5, 5.41) is 1.52. The van der Waals surface area contributed by atoms with E-state index in [1.165, 1.54) is 0 Å². The summed E-state index contributed by atoms with van der Waals surface area (Å²) >= 11 is 6.02. The van der Waals surface area contributed by atoms with Gasteiger partial charge in [0.15, 0.2) is 0 Å². The Morgan fingerprint density at radius 3 is 2.71 bits per heavy atom. The van der Waals surface area contributed by atoms with Crippen molar-refractivity contribution in [3.05, 3.63) is 83.5 Å². The summed E-state index contributed by atoms with van der Waals surface area (Å²) in [5.74, 6) is 1.43. The van der Waals surface area contributed by atoms with E-state index in [1.54, 1.807) is 37.6 Å². The van der Waals surface area contributed by atoms with Gasteiger partial charge in [0.1, 0.15) is 11.9 Å². The van der Waals surface area contributed by atoms with Crippen LogP contribution in [0.4, 0.5) is 0 Å². The van der Waals surface area contributed by atoms with Crippen molar-refractivity contribution in [3.63, 3.8) is 0 Å². The normalized spacial score (nSPS) is 24.2. The van der Waals surface area contributed by atoms with Gasteiger partial charge in [-0.3, -0.25) is 9.88 Å². The van der Waals surface area contributed by atoms with E-state index in [0.717, 1.165) is 48.1 Å². The quantitative estimate of drug-likeness (QED) is 0.387. The fourth-order valence-electron chi connectivity index (χ4n) is 5.33. The van der Waals surface area contributed by atoms with Gasteiger partial charge in [-0.2, -0.15) is 0 Å². The number of halogens is 2. The highest BCUT2D eigenvalue weighted by atomic mass is 35.5. The number of esters is 1. The summed E-state index contributed by atoms with van der Waals surface area (Å²) in [5.41, 5.74) is 2.29. The van der Waals surface area contributed by atoms with Crippen molar-refractivity contribution in [1.82, 2.24) is 9.88 Å². The maximum atomic E-state index is 13.2. The van der Waals surface area contributed by atoms with Crippen molar-refractivity contribution in [2.75, 3.05) is 20.2 Å². The van der Waals surface area contributed by atoms with Gasteiger partial charge in [0.25, 0.3) is 0 Å². The summed E-state index contributed by atoms with van der Waals surface area (Å²) in [7, 11) is 1.65. The monoisotopic (exact) mass is 497 g/mol. The van der Waals surface area contributed by atoms with E-state index >= 15 is 0 Å². The van der Waals surface area contributed by atoms with Crippen molar-refractivity contribution < 1.29 is 26.7 Å². The molecule has 2 bridgehead atoms. The van der Waals surface area contributed by atoms with E-state index < -0.39 is 6.10 Å². The molecule has 3 aliphatic rings. The van der Waals surface area contributed by atoms with Crippen LogP contribution >= 0.6 is 11.6 Å². The van der Waals surface area contributed by atoms with Crippen LogP contribution in [0.2, 0.25) is 5.02 Å². The summed E-state index contributed by atoms with van der Waals surface area (Å²) in [6.45, 7) is 5.99. The van der Waals surface area contributed by atoms with E-state index in [-0.39, 0.29) is 24.4 Å². The molecule has 0 aliphatic carbocycles. The molecule has 3 fully saturated rings. The first-order valence-corrected chi connectivity index (χ1v) is 11.7. The summed E-state index contributed by atoms with van der Waals surface area (Å²) in [6, 6.07) is 14.7. The number of hydrogen-bond acceptors (Lipinski definition) is 5. The molecule has 34 heavy (non-hydrogen) atoms. The smallest absolute Gasteiger partial charge is 0.338 e. The number of carbonyl (C=O) groups is 1. The molecule has 0 radical (unpaired) electrons. The van der Waals surface area contributed by atoms with E-state index in [4.69, 9.17) is 21.1 Å². The number of nitrogens with zero attached hydrogens (tertiary/aromatic N) is 2. The number of aromatic nitrogens is 1. The van der Waals surface area contributed by atoms with E-state index in [1.807, 2.05) is 24.3 Å². The number of pyridine rings is 1. The maximum Gasteiger partial charge on any atom is 0.338 e. The molecule has 0 spiro atoms. The molecule has 3 saturated heterocycles. The molecule has 1 aromatic heterocycles. The summed E-state index contributed by atoms with van der Waals surface area (Å²) in [4.78, 5) is 20.2. The average molecular weight is 498 g/mol. The molecule has 7 heteroatoms. The first kappa shape index (κ1) is 24.5. The van der Waals surface area contributed by atoms with Gasteiger partial charge in [-0.1, -0.05) is 17.7 Å². The molecule has 0 amide bonds. The molecule has 5 nitrogen and oxygen atoms in total. The fraction of sp³-hybridized carbons (Fsp3) is 0.333. The van der Waals surface area contributed by atoms with E-state index in [0.29, 0.717) is 22.4 Å². The second-order valence-corrected chi connectivity index (χ2v) is 9.30. The molecular weight excluding hydrogens is 471 g/mol. The second kappa shape index (κ2) is 10.3. The molecule has 0 saturated carbocycles. The number of rotatable bonds is 6. The zero-order valence-electron chi connectivity index (χ0n) is 19.0. The van der Waals surface area contributed by atoms with Crippen LogP contribution in [0.15, 0.2) is 67.4 Å². The van der Waals surface area contributed by atoms with Crippen molar-refractivity contribution in [1.29, 1.82) is 0 Å². The van der Waals surface area contributed by atoms with Crippen LogP contribution in [0.5, 0.6) is 5.75 Å². The third-order valence-electron chi connectivity index (χ3n) is 7.11. The number of fused-ring (bicyclic) bond motifs is 4. The van der Waals surface area contributed by atoms with Gasteiger partial charge in [-0.25, -0.2) is 4.79 Å². The van der Waals surface area contributed by atoms with Gasteiger partial charge in [-0.15, -0.1) is 6.58 Å². The maximum absolute atomic E-state index is 13.2. The minimum atomic E-state index is -0.431. The summed E-state index contributed by atoms with van der Waals surface area (Å²) in [6.07, 6.45) is 5.54. The lowest BCUT2D eigenvalue weighted by molar-refractivity contribution is -0.0568. The molecule has 5 unspecified atom stereocenters. The second-order valence-electron chi connectivity index (χ2n) is 8.86. The predicted molar refractivity (Wildman–Crippen MR) is 130 cm³/mol. The Bertz CT molecular complexity index is 1180. The number of methoxy groups -OCH3 is 1. The Kier molecular flexibility index (Phi) is 7.46. The van der Waals surface area contributed by atoms with Gasteiger partial charge >= 0.3 is 5.97 Å². The molecule has 2 aromatic carbocycles. The lowest BCUT2D eigenvalue weighted by Crippen LogP contribution is -3.00. The van der Waals surface area contributed by atoms with Crippen molar-refractivity contribution in [2.24, 2.45) is 11.8 Å². The van der Waals surface area contributed by atoms with E-state index in [2.05, 4.69) is 22.5 Å². The molecule has 5 atom stereocenters. The van der Waals surface area contributed by atoms with Crippen LogP contribution in [0.25, 0.3) is 10.9 Å². The molecular formula is C27H27Cl2N2O3-. The SMILES string of the molecule is C=CC1CN2CCC1CC2C(OC(=O)c1ccc(Cl)cc1)c1ccnc2ccc(OC)cc12.[Cl-]. The Balaban J connectivity index is 0.00000274. The highest BCUT2D eigenvalue weighted by molar-refractivity contribution is 6.30. The van der Waals surface area contributed by atoms with Crippen LogP contribution in [0, 0.1) is 11.8 Å². The van der Waals surface area contributed by atoms with Crippen LogP contribution in [-0.4, -0.2) is 42.1 Å². The molecule has 3 aromatic rings. The molecule has 178 valence electrons. The summed E-state index contributed by atoms with van der Waals surface area (Å²) < 4.78 is 11.8. The standard InChI is InChI=1S/C27H27ClN2O3.ClH/c1-3-17-16-30-13-11-19(17)14-25(30)26(33-27(31)18-4-6-20(28)7-5-18)22-10-12-29-24-9-8-21(32-2)15-23(22)24;/h3-10,12,15,17,19,25-26H,1,11,13-14,16H2,2H3;1H/p-1. The first-order chi connectivity index (χ1) is 16.1. The molecule has 3 aliphatic heterocycles. The van der Waals surface area contributed by atoms with E-state index in [9.17, 15) is 4.79 Å². The molecule has 4 heterocycles. The average Bonchev–Trinajstić information content (AvgIpc) is 2.87. The Morgan fingerprint density at radius 1 is 1.24 bits per heavy atom. The molecule has 0 N–H and O–H groups in total. The highest BCUT2D eigenvalue weighted by Crippen LogP contribution is 2.44. The zero-order valence-corrected chi connectivity index (χ0v) is 20.5. The van der Waals surface area contributed by atoms with Crippen LogP contribution in [0.1, 0.15) is 34.9 Å². The van der Waals surface area contributed by atoms with Crippen molar-refractivity contribution >= 4 is 28.5 Å². The number of carbonyl (C=O) groups excluding carboxylic acids is 1. The lowest BCUT2D eigenvalue weighted by atomic mass is 9.73. The van der Waals surface area contributed by atoms with Crippen LogP contribution < -0.4 is 17.1 Å². The predicted octanol–water partition coefficient (Wildman–Crippen LogP) is 2.70. The number of benzene rings is 2. The third kappa shape index (κ3) is 4.65. The van der Waals surface area contributed by atoms with Crippen molar-refractivity contribution in [2.45, 2.75) is 25.0 Å². The van der Waals surface area contributed by atoms with Crippen molar-refractivity contribution in [3.8, 4) is 5.75 Å². The van der Waals surface area contributed by atoms with Crippen LogP contribution in [-0.2, 0) is 4.74 Å². The fourth-order valence-corrected chi connectivity index (χ4v) is 5.46. The van der Waals surface area contributed by atoms with Gasteiger partial charge < -0.3 is 21.9 Å².